The fourth-order valence-corrected chi connectivity index (χ4v) is 2.93. The van der Waals surface area contributed by atoms with Crippen LogP contribution in [0.25, 0.3) is 0 Å². The molecule has 0 aliphatic carbocycles. The summed E-state index contributed by atoms with van der Waals surface area (Å²) in [6.07, 6.45) is 6.51. The molecular weight excluding hydrogens is 300 g/mol. The van der Waals surface area contributed by atoms with Crippen LogP contribution >= 0.6 is 0 Å². The largest absolute Gasteiger partial charge is 0.350 e. The van der Waals surface area contributed by atoms with Crippen LogP contribution in [0.4, 0.5) is 5.95 Å². The van der Waals surface area contributed by atoms with Crippen LogP contribution in [0.3, 0.4) is 0 Å². The van der Waals surface area contributed by atoms with Gasteiger partial charge in [-0.1, -0.05) is 30.3 Å². The van der Waals surface area contributed by atoms with Crippen molar-refractivity contribution in [2.75, 3.05) is 18.0 Å². The van der Waals surface area contributed by atoms with Crippen LogP contribution in [0.2, 0.25) is 0 Å². The second-order valence-electron chi connectivity index (χ2n) is 6.16. The third kappa shape index (κ3) is 4.78. The highest BCUT2D eigenvalue weighted by molar-refractivity contribution is 5.75. The molecule has 0 spiro atoms. The zero-order chi connectivity index (χ0) is 16.6. The molecule has 1 aromatic heterocycles. The van der Waals surface area contributed by atoms with Gasteiger partial charge >= 0.3 is 0 Å². The molecule has 0 saturated carbocycles. The molecule has 1 N–H and O–H groups in total. The second kappa shape index (κ2) is 8.43. The molecule has 0 atom stereocenters. The molecule has 1 aliphatic rings. The summed E-state index contributed by atoms with van der Waals surface area (Å²) in [4.78, 5) is 23.1. The van der Waals surface area contributed by atoms with E-state index >= 15 is 0 Å². The maximum absolute atomic E-state index is 12.0. The van der Waals surface area contributed by atoms with E-state index in [-0.39, 0.29) is 5.91 Å². The van der Waals surface area contributed by atoms with Crippen LogP contribution in [0.5, 0.6) is 0 Å². The van der Waals surface area contributed by atoms with Crippen molar-refractivity contribution in [3.05, 3.63) is 53.9 Å². The van der Waals surface area contributed by atoms with Crippen molar-refractivity contribution in [2.45, 2.75) is 38.6 Å². The van der Waals surface area contributed by atoms with Crippen molar-refractivity contribution in [3.63, 3.8) is 0 Å². The number of aromatic nitrogens is 2. The van der Waals surface area contributed by atoms with E-state index in [4.69, 9.17) is 0 Å². The van der Waals surface area contributed by atoms with E-state index in [1.807, 2.05) is 24.3 Å². The molecule has 5 heteroatoms. The number of rotatable bonds is 7. The van der Waals surface area contributed by atoms with Gasteiger partial charge in [-0.15, -0.1) is 0 Å². The van der Waals surface area contributed by atoms with E-state index in [1.165, 1.54) is 18.4 Å². The minimum atomic E-state index is 0.0762. The lowest BCUT2D eigenvalue weighted by atomic mass is 10.1. The van der Waals surface area contributed by atoms with Crippen molar-refractivity contribution < 1.29 is 4.79 Å². The zero-order valence-electron chi connectivity index (χ0n) is 13.9. The number of hydrogen-bond acceptors (Lipinski definition) is 4. The van der Waals surface area contributed by atoms with Crippen LogP contribution < -0.4 is 10.2 Å². The number of nitrogens with one attached hydrogen (secondary N) is 1. The number of carbonyl (C=O) groups is 1. The summed E-state index contributed by atoms with van der Waals surface area (Å²) in [6.45, 7) is 2.51. The van der Waals surface area contributed by atoms with Crippen LogP contribution in [-0.4, -0.2) is 29.0 Å². The van der Waals surface area contributed by atoms with E-state index < -0.39 is 0 Å². The molecule has 1 amide bonds. The van der Waals surface area contributed by atoms with Crippen molar-refractivity contribution in [1.29, 1.82) is 0 Å². The van der Waals surface area contributed by atoms with Gasteiger partial charge in [-0.2, -0.15) is 0 Å². The summed E-state index contributed by atoms with van der Waals surface area (Å²) in [7, 11) is 0. The molecule has 1 aromatic carbocycles. The molecule has 0 unspecified atom stereocenters. The smallest absolute Gasteiger partial charge is 0.225 e. The molecule has 0 bridgehead atoms. The van der Waals surface area contributed by atoms with Gasteiger partial charge in [0.2, 0.25) is 11.9 Å². The summed E-state index contributed by atoms with van der Waals surface area (Å²) in [5.74, 6) is 0.857. The van der Waals surface area contributed by atoms with Crippen LogP contribution in [0, 0.1) is 0 Å². The molecule has 2 heterocycles. The SMILES string of the molecule is O=C(CCCc1ccccc1)NCc1ccnc(N2CCCC2)n1. The van der Waals surface area contributed by atoms with E-state index in [2.05, 4.69) is 32.3 Å². The first kappa shape index (κ1) is 16.4. The lowest BCUT2D eigenvalue weighted by Gasteiger charge is -2.15. The molecule has 5 nitrogen and oxygen atoms in total. The normalized spacial score (nSPS) is 13.9. The highest BCUT2D eigenvalue weighted by Crippen LogP contribution is 2.15. The first-order valence-electron chi connectivity index (χ1n) is 8.69. The van der Waals surface area contributed by atoms with Crippen LogP contribution in [0.15, 0.2) is 42.6 Å². The number of anilines is 1. The predicted molar refractivity (Wildman–Crippen MR) is 94.7 cm³/mol. The summed E-state index contributed by atoms with van der Waals surface area (Å²) < 4.78 is 0. The Labute approximate surface area is 143 Å². The Morgan fingerprint density at radius 3 is 2.71 bits per heavy atom. The third-order valence-electron chi connectivity index (χ3n) is 4.27. The van der Waals surface area contributed by atoms with Gasteiger partial charge in [-0.05, 0) is 37.3 Å². The minimum absolute atomic E-state index is 0.0762. The Morgan fingerprint density at radius 1 is 1.12 bits per heavy atom. The number of aryl methyl sites for hydroxylation is 1. The van der Waals surface area contributed by atoms with Crippen LogP contribution in [0.1, 0.15) is 36.9 Å². The third-order valence-corrected chi connectivity index (χ3v) is 4.27. The average molecular weight is 324 g/mol. The van der Waals surface area contributed by atoms with E-state index in [0.29, 0.717) is 13.0 Å². The Hall–Kier alpha value is -2.43. The van der Waals surface area contributed by atoms with Crippen molar-refractivity contribution in [3.8, 4) is 0 Å². The maximum Gasteiger partial charge on any atom is 0.225 e. The molecule has 0 radical (unpaired) electrons. The van der Waals surface area contributed by atoms with Crippen molar-refractivity contribution in [2.24, 2.45) is 0 Å². The lowest BCUT2D eigenvalue weighted by molar-refractivity contribution is -0.121. The lowest BCUT2D eigenvalue weighted by Crippen LogP contribution is -2.25. The number of nitrogens with zero attached hydrogens (tertiary/aromatic N) is 3. The minimum Gasteiger partial charge on any atom is -0.350 e. The summed E-state index contributed by atoms with van der Waals surface area (Å²) in [5, 5.41) is 2.96. The highest BCUT2D eigenvalue weighted by Gasteiger charge is 2.15. The Kier molecular flexibility index (Phi) is 5.77. The van der Waals surface area contributed by atoms with Gasteiger partial charge in [0.05, 0.1) is 12.2 Å². The summed E-state index contributed by atoms with van der Waals surface area (Å²) in [5.41, 5.74) is 2.14. The average Bonchev–Trinajstić information content (AvgIpc) is 3.16. The van der Waals surface area contributed by atoms with Gasteiger partial charge in [-0.3, -0.25) is 4.79 Å². The maximum atomic E-state index is 12.0. The molecule has 2 aromatic rings. The van der Waals surface area contributed by atoms with Crippen molar-refractivity contribution in [1.82, 2.24) is 15.3 Å². The first-order valence-corrected chi connectivity index (χ1v) is 8.69. The number of amides is 1. The van der Waals surface area contributed by atoms with E-state index in [0.717, 1.165) is 37.6 Å². The van der Waals surface area contributed by atoms with Gasteiger partial charge < -0.3 is 10.2 Å². The Balaban J connectivity index is 1.42. The Bertz CT molecular complexity index is 653. The molecule has 3 rings (SSSR count). The van der Waals surface area contributed by atoms with E-state index in [9.17, 15) is 4.79 Å². The van der Waals surface area contributed by atoms with Gasteiger partial charge in [0.1, 0.15) is 0 Å². The topological polar surface area (TPSA) is 58.1 Å². The highest BCUT2D eigenvalue weighted by atomic mass is 16.1. The van der Waals surface area contributed by atoms with Crippen molar-refractivity contribution >= 4 is 11.9 Å². The van der Waals surface area contributed by atoms with Gasteiger partial charge in [-0.25, -0.2) is 9.97 Å². The first-order chi connectivity index (χ1) is 11.8. The second-order valence-corrected chi connectivity index (χ2v) is 6.16. The van der Waals surface area contributed by atoms with Crippen LogP contribution in [-0.2, 0) is 17.8 Å². The fourth-order valence-electron chi connectivity index (χ4n) is 2.93. The molecule has 126 valence electrons. The van der Waals surface area contributed by atoms with Gasteiger partial charge in [0, 0.05) is 25.7 Å². The Morgan fingerprint density at radius 2 is 1.92 bits per heavy atom. The van der Waals surface area contributed by atoms with Gasteiger partial charge in [0.15, 0.2) is 0 Å². The molecule has 1 saturated heterocycles. The molecule has 24 heavy (non-hydrogen) atoms. The quantitative estimate of drug-likeness (QED) is 0.851. The fraction of sp³-hybridized carbons (Fsp3) is 0.421. The van der Waals surface area contributed by atoms with E-state index in [1.54, 1.807) is 6.20 Å². The molecular formula is C19H24N4O. The zero-order valence-corrected chi connectivity index (χ0v) is 13.9. The number of hydrogen-bond donors (Lipinski definition) is 1. The number of benzene rings is 1. The van der Waals surface area contributed by atoms with Gasteiger partial charge in [0.25, 0.3) is 0 Å². The summed E-state index contributed by atoms with van der Waals surface area (Å²) >= 11 is 0. The summed E-state index contributed by atoms with van der Waals surface area (Å²) in [6, 6.07) is 12.1. The molecule has 1 aliphatic heterocycles. The molecule has 1 fully saturated rings. The monoisotopic (exact) mass is 324 g/mol. The standard InChI is InChI=1S/C19H24N4O/c24-18(10-6-9-16-7-2-1-3-8-16)21-15-17-11-12-20-19(22-17)23-13-4-5-14-23/h1-3,7-8,11-12H,4-6,9-10,13-15H2,(H,21,24). The number of carbonyl (C=O) groups excluding carboxylic acids is 1. The predicted octanol–water partition coefficient (Wildman–Crippen LogP) is 2.72.